The number of amides is 6. The maximum Gasteiger partial charge on any atom is 0.266 e. The highest BCUT2D eigenvalue weighted by atomic mass is 32.2. The van der Waals surface area contributed by atoms with Gasteiger partial charge in [-0.3, -0.25) is 28.8 Å². The quantitative estimate of drug-likeness (QED) is 0.259. The maximum atomic E-state index is 13.5. The fraction of sp³-hybridized carbons (Fsp3) is 0.211. The van der Waals surface area contributed by atoms with E-state index in [1.54, 1.807) is 0 Å². The molecule has 2 aliphatic heterocycles. The van der Waals surface area contributed by atoms with Gasteiger partial charge in [-0.15, -0.1) is 0 Å². The van der Waals surface area contributed by atoms with Crippen LogP contribution in [-0.2, 0) is 9.84 Å². The summed E-state index contributed by atoms with van der Waals surface area (Å²) in [5.74, 6) is -3.31. The van der Waals surface area contributed by atoms with Gasteiger partial charge in [-0.05, 0) is 126 Å². The first-order valence-corrected chi connectivity index (χ1v) is 17.4. The van der Waals surface area contributed by atoms with Crippen LogP contribution in [0.5, 0.6) is 0 Å². The van der Waals surface area contributed by atoms with E-state index in [2.05, 4.69) is 10.6 Å². The first-order valence-electron chi connectivity index (χ1n) is 15.9. The third-order valence-corrected chi connectivity index (χ3v) is 9.87. The van der Waals surface area contributed by atoms with E-state index in [9.17, 15) is 37.2 Å². The fourth-order valence-electron chi connectivity index (χ4n) is 5.74. The van der Waals surface area contributed by atoms with E-state index in [-0.39, 0.29) is 54.5 Å². The van der Waals surface area contributed by atoms with Crippen molar-refractivity contribution in [2.24, 2.45) is 0 Å². The minimum absolute atomic E-state index is 0.0582. The Morgan fingerprint density at radius 3 is 1.12 bits per heavy atom. The van der Waals surface area contributed by atoms with Crippen molar-refractivity contribution in [1.29, 1.82) is 0 Å². The molecule has 0 radical (unpaired) electrons. The Labute approximate surface area is 294 Å². The molecule has 0 aliphatic carbocycles. The van der Waals surface area contributed by atoms with Gasteiger partial charge >= 0.3 is 0 Å². The highest BCUT2D eigenvalue weighted by Crippen LogP contribution is 2.33. The van der Waals surface area contributed by atoms with E-state index >= 15 is 0 Å². The van der Waals surface area contributed by atoms with Gasteiger partial charge in [0.05, 0.1) is 43.4 Å². The van der Waals surface area contributed by atoms with E-state index in [4.69, 9.17) is 0 Å². The summed E-state index contributed by atoms with van der Waals surface area (Å²) >= 11 is 0. The van der Waals surface area contributed by atoms with Crippen LogP contribution in [-0.4, -0.2) is 54.9 Å². The highest BCUT2D eigenvalue weighted by Gasteiger charge is 2.39. The molecule has 2 heterocycles. The van der Waals surface area contributed by atoms with Gasteiger partial charge in [0.1, 0.15) is 0 Å². The number of imide groups is 2. The molecular formula is C38H34N4O8S. The third kappa shape index (κ3) is 6.43. The lowest BCUT2D eigenvalue weighted by molar-refractivity contribution is 0.0907. The maximum absolute atomic E-state index is 13.5. The Balaban J connectivity index is 1.19. The van der Waals surface area contributed by atoms with Crippen LogP contribution in [0.25, 0.3) is 0 Å². The average molecular weight is 707 g/mol. The molecule has 51 heavy (non-hydrogen) atoms. The van der Waals surface area contributed by atoms with Gasteiger partial charge in [-0.2, -0.15) is 0 Å². The molecule has 6 rings (SSSR count). The minimum Gasteiger partial charge on any atom is -0.347 e. The van der Waals surface area contributed by atoms with Gasteiger partial charge in [0.2, 0.25) is 9.84 Å². The molecule has 4 aromatic carbocycles. The van der Waals surface area contributed by atoms with Crippen molar-refractivity contribution < 1.29 is 37.2 Å². The summed E-state index contributed by atoms with van der Waals surface area (Å²) in [7, 11) is -4.11. The predicted octanol–water partition coefficient (Wildman–Crippen LogP) is 5.18. The predicted molar refractivity (Wildman–Crippen MR) is 188 cm³/mol. The lowest BCUT2D eigenvalue weighted by Crippen LogP contribution is -2.40. The van der Waals surface area contributed by atoms with Gasteiger partial charge in [-0.25, -0.2) is 18.2 Å². The number of nitrogens with one attached hydrogen (secondary N) is 2. The first-order chi connectivity index (χ1) is 23.8. The van der Waals surface area contributed by atoms with Gasteiger partial charge in [0.25, 0.3) is 35.4 Å². The Morgan fingerprint density at radius 1 is 0.490 bits per heavy atom. The van der Waals surface area contributed by atoms with Crippen LogP contribution in [0.4, 0.5) is 11.4 Å². The topological polar surface area (TPSA) is 167 Å². The third-order valence-electron chi connectivity index (χ3n) is 8.09. The summed E-state index contributed by atoms with van der Waals surface area (Å²) < 4.78 is 27.1. The van der Waals surface area contributed by atoms with Crippen molar-refractivity contribution in [1.82, 2.24) is 10.6 Å². The number of hydrogen-bond donors (Lipinski definition) is 2. The summed E-state index contributed by atoms with van der Waals surface area (Å²) in [6.45, 7) is 10.9. The van der Waals surface area contributed by atoms with Crippen molar-refractivity contribution in [3.05, 3.63) is 118 Å². The van der Waals surface area contributed by atoms with Crippen molar-refractivity contribution in [2.45, 2.75) is 62.4 Å². The Kier molecular flexibility index (Phi) is 8.30. The smallest absolute Gasteiger partial charge is 0.266 e. The number of benzene rings is 4. The number of nitrogens with zero attached hydrogens (tertiary/aromatic N) is 2. The number of carbonyl (C=O) groups excluding carboxylic acids is 6. The second-order valence-corrected chi connectivity index (χ2v) is 16.3. The minimum atomic E-state index is -4.11. The van der Waals surface area contributed by atoms with Gasteiger partial charge < -0.3 is 10.6 Å². The zero-order valence-electron chi connectivity index (χ0n) is 28.7. The Hall–Kier alpha value is -5.95. The van der Waals surface area contributed by atoms with Gasteiger partial charge in [0.15, 0.2) is 0 Å². The van der Waals surface area contributed by atoms with Gasteiger partial charge in [-0.1, -0.05) is 0 Å². The summed E-state index contributed by atoms with van der Waals surface area (Å²) in [5.41, 5.74) is 0.0509. The van der Waals surface area contributed by atoms with E-state index in [0.29, 0.717) is 0 Å². The van der Waals surface area contributed by atoms with E-state index in [1.807, 2.05) is 41.5 Å². The molecule has 6 amide bonds. The molecule has 4 aromatic rings. The second-order valence-electron chi connectivity index (χ2n) is 14.3. The van der Waals surface area contributed by atoms with Crippen molar-refractivity contribution in [3.8, 4) is 0 Å². The lowest BCUT2D eigenvalue weighted by atomic mass is 10.0. The van der Waals surface area contributed by atoms with Crippen LogP contribution < -0.4 is 20.4 Å². The standard InChI is InChI=1S/C38H34N4O8S/c1-37(2,3)39-31(43)21-7-17-27-29(19-21)35(47)41(33(27)45)23-9-13-25(14-10-23)51(49,50)26-15-11-24(12-16-26)42-34(46)28-18-8-22(20-30(28)36(42)48)32(44)40-38(4,5)6/h7-20H,1-6H3,(H,39,43)(H,40,44). The van der Waals surface area contributed by atoms with E-state index in [0.717, 1.165) is 9.80 Å². The molecule has 0 saturated heterocycles. The highest BCUT2D eigenvalue weighted by molar-refractivity contribution is 7.91. The summed E-state index contributed by atoms with van der Waals surface area (Å²) in [6, 6.07) is 18.9. The molecule has 0 fully saturated rings. The molecule has 12 nitrogen and oxygen atoms in total. The zero-order valence-corrected chi connectivity index (χ0v) is 29.5. The number of rotatable bonds is 6. The van der Waals surface area contributed by atoms with Crippen LogP contribution >= 0.6 is 0 Å². The molecule has 0 bridgehead atoms. The summed E-state index contributed by atoms with van der Waals surface area (Å²) in [6.07, 6.45) is 0. The van der Waals surface area contributed by atoms with E-state index in [1.165, 1.54) is 84.9 Å². The number of carbonyl (C=O) groups is 6. The van der Waals surface area contributed by atoms with E-state index < -0.39 is 56.4 Å². The average Bonchev–Trinajstić information content (AvgIpc) is 3.46. The monoisotopic (exact) mass is 706 g/mol. The second kappa shape index (κ2) is 12.1. The zero-order chi connectivity index (χ0) is 37.2. The summed E-state index contributed by atoms with van der Waals surface area (Å²) in [5, 5.41) is 5.63. The lowest BCUT2D eigenvalue weighted by Gasteiger charge is -2.20. The number of sulfone groups is 1. The molecule has 2 N–H and O–H groups in total. The van der Waals surface area contributed by atoms with Crippen LogP contribution in [0.15, 0.2) is 94.7 Å². The normalized spacial score (nSPS) is 14.5. The number of hydrogen-bond acceptors (Lipinski definition) is 8. The van der Waals surface area contributed by atoms with Gasteiger partial charge in [0, 0.05) is 22.2 Å². The molecule has 2 aliphatic rings. The number of fused-ring (bicyclic) bond motifs is 2. The molecule has 0 saturated carbocycles. The molecule has 13 heteroatoms. The molecule has 0 spiro atoms. The Morgan fingerprint density at radius 2 is 0.804 bits per heavy atom. The van der Waals surface area contributed by atoms with Crippen molar-refractivity contribution >= 4 is 56.7 Å². The molecule has 0 unspecified atom stereocenters. The number of anilines is 2. The SMILES string of the molecule is CC(C)(C)NC(=O)c1ccc2c(c1)C(=O)N(c1ccc(S(=O)(=O)c3ccc(N4C(=O)c5ccc(C(=O)NC(C)(C)C)cc5C4=O)cc3)cc1)C2=O. The molecule has 260 valence electrons. The van der Waals surface area contributed by atoms with Crippen LogP contribution in [0.3, 0.4) is 0 Å². The van der Waals surface area contributed by atoms with Crippen molar-refractivity contribution in [3.63, 3.8) is 0 Å². The van der Waals surface area contributed by atoms with Crippen LogP contribution in [0.1, 0.15) is 104 Å². The largest absolute Gasteiger partial charge is 0.347 e. The Bertz CT molecular complexity index is 2140. The van der Waals surface area contributed by atoms with Crippen LogP contribution in [0.2, 0.25) is 0 Å². The first kappa shape index (κ1) is 34.9. The summed E-state index contributed by atoms with van der Waals surface area (Å²) in [4.78, 5) is 79.9. The molecular weight excluding hydrogens is 673 g/mol. The molecule has 0 atom stereocenters. The molecule has 0 aromatic heterocycles. The van der Waals surface area contributed by atoms with Crippen LogP contribution in [0, 0.1) is 0 Å². The fourth-order valence-corrected chi connectivity index (χ4v) is 7.00. The van der Waals surface area contributed by atoms with Crippen molar-refractivity contribution in [2.75, 3.05) is 9.80 Å².